The van der Waals surface area contributed by atoms with Gasteiger partial charge in [0.25, 0.3) is 0 Å². The van der Waals surface area contributed by atoms with Crippen molar-refractivity contribution in [3.63, 3.8) is 0 Å². The summed E-state index contributed by atoms with van der Waals surface area (Å²) in [6.45, 7) is 1.92. The van der Waals surface area contributed by atoms with Crippen molar-refractivity contribution >= 4 is 64.1 Å². The van der Waals surface area contributed by atoms with Crippen LogP contribution >= 0.6 is 46.6 Å². The number of halogens is 2. The summed E-state index contributed by atoms with van der Waals surface area (Å²) in [5, 5.41) is 5.85. The highest BCUT2D eigenvalue weighted by atomic mass is 127. The van der Waals surface area contributed by atoms with Crippen molar-refractivity contribution in [1.82, 2.24) is 10.2 Å². The first-order chi connectivity index (χ1) is 8.65. The molecule has 0 unspecified atom stereocenters. The number of rotatable bonds is 3. The number of hydrogen-bond acceptors (Lipinski definition) is 4. The molecule has 0 spiro atoms. The van der Waals surface area contributed by atoms with E-state index in [2.05, 4.69) is 38.2 Å². The number of carbonyl (C=O) groups excluding carboxylic acids is 1. The van der Waals surface area contributed by atoms with Gasteiger partial charge in [0.1, 0.15) is 0 Å². The van der Waals surface area contributed by atoms with Crippen molar-refractivity contribution in [2.45, 2.75) is 0 Å². The molecule has 0 saturated heterocycles. The zero-order valence-corrected chi connectivity index (χ0v) is 15.0. The minimum absolute atomic E-state index is 0. The smallest absolute Gasteiger partial charge is 0.243 e. The third-order valence-electron chi connectivity index (χ3n) is 2.59. The summed E-state index contributed by atoms with van der Waals surface area (Å²) in [4.78, 5) is 18.0. The van der Waals surface area contributed by atoms with Crippen LogP contribution in [-0.2, 0) is 4.79 Å². The summed E-state index contributed by atoms with van der Waals surface area (Å²) in [5.41, 5.74) is 0.809. The fourth-order valence-corrected chi connectivity index (χ4v) is 1.98. The molecule has 0 fully saturated rings. The molecule has 104 valence electrons. The monoisotopic (exact) mass is 486 g/mol. The molecule has 2 rings (SSSR count). The minimum Gasteiger partial charge on any atom is -0.347 e. The van der Waals surface area contributed by atoms with E-state index in [1.165, 1.54) is 0 Å². The van der Waals surface area contributed by atoms with Crippen molar-refractivity contribution in [1.29, 1.82) is 0 Å². The van der Waals surface area contributed by atoms with Crippen LogP contribution in [-0.4, -0.2) is 43.4 Å². The van der Waals surface area contributed by atoms with Crippen LogP contribution < -0.4 is 10.6 Å². The highest BCUT2D eigenvalue weighted by Gasteiger charge is 2.12. The van der Waals surface area contributed by atoms with Crippen molar-refractivity contribution in [2.24, 2.45) is 4.99 Å². The highest BCUT2D eigenvalue weighted by molar-refractivity contribution is 14.1. The first-order valence-corrected chi connectivity index (χ1v) is 6.78. The molecule has 0 saturated carbocycles. The Balaban J connectivity index is 0.00000180. The van der Waals surface area contributed by atoms with Crippen LogP contribution in [0.1, 0.15) is 0 Å². The molecule has 1 aromatic carbocycles. The Morgan fingerprint density at radius 2 is 2.11 bits per heavy atom. The Labute approximate surface area is 143 Å². The van der Waals surface area contributed by atoms with Gasteiger partial charge < -0.3 is 15.5 Å². The van der Waals surface area contributed by atoms with E-state index in [0.717, 1.165) is 28.3 Å². The van der Waals surface area contributed by atoms with Crippen molar-refractivity contribution in [3.05, 3.63) is 27.8 Å². The van der Waals surface area contributed by atoms with Crippen molar-refractivity contribution < 1.29 is 4.79 Å². The summed E-state index contributed by atoms with van der Waals surface area (Å²) in [6.07, 6.45) is 0. The van der Waals surface area contributed by atoms with E-state index in [-0.39, 0.29) is 36.4 Å². The number of aliphatic imine (C=N–C) groups is 1. The van der Waals surface area contributed by atoms with E-state index in [9.17, 15) is 4.79 Å². The van der Waals surface area contributed by atoms with Crippen LogP contribution in [0, 0.1) is 3.57 Å². The number of nitrogens with one attached hydrogen (secondary N) is 2. The lowest BCUT2D eigenvalue weighted by molar-refractivity contribution is -0.115. The van der Waals surface area contributed by atoms with Gasteiger partial charge in [-0.05, 0) is 46.9 Å². The summed E-state index contributed by atoms with van der Waals surface area (Å²) >= 11 is 2.23. The van der Waals surface area contributed by atoms with E-state index >= 15 is 0 Å². The molecule has 0 radical (unpaired) electrons. The average molecular weight is 486 g/mol. The van der Waals surface area contributed by atoms with Crippen LogP contribution in [0.3, 0.4) is 0 Å². The maximum atomic E-state index is 11.7. The van der Waals surface area contributed by atoms with Gasteiger partial charge in [-0.2, -0.15) is 0 Å². The maximum absolute atomic E-state index is 11.7. The van der Waals surface area contributed by atoms with Gasteiger partial charge in [-0.15, -0.1) is 24.0 Å². The summed E-state index contributed by atoms with van der Waals surface area (Å²) in [7, 11) is 1.95. The number of amides is 1. The fraction of sp³-hybridized carbons (Fsp3) is 0.333. The molecule has 1 aromatic rings. The van der Waals surface area contributed by atoms with Crippen molar-refractivity contribution in [3.8, 4) is 0 Å². The number of guanidine groups is 1. The Morgan fingerprint density at radius 1 is 1.42 bits per heavy atom. The molecule has 1 amide bonds. The second-order valence-corrected chi connectivity index (χ2v) is 5.28. The first kappa shape index (κ1) is 16.5. The predicted octanol–water partition coefficient (Wildman–Crippen LogP) is 1.74. The number of carbonyl (C=O) groups is 1. The maximum Gasteiger partial charge on any atom is 0.243 e. The third kappa shape index (κ3) is 5.13. The SMILES string of the molecule is CN1CCN=C1NCC(=O)Nc1ccc(I)cc1.I. The predicted molar refractivity (Wildman–Crippen MR) is 96.1 cm³/mol. The second-order valence-electron chi connectivity index (χ2n) is 4.04. The fourth-order valence-electron chi connectivity index (χ4n) is 1.62. The molecule has 5 nitrogen and oxygen atoms in total. The largest absolute Gasteiger partial charge is 0.347 e. The number of likely N-dealkylation sites (N-methyl/N-ethyl adjacent to an activating group) is 1. The molecule has 2 N–H and O–H groups in total. The second kappa shape index (κ2) is 7.88. The molecule has 7 heteroatoms. The third-order valence-corrected chi connectivity index (χ3v) is 3.31. The Hall–Kier alpha value is -0.580. The van der Waals surface area contributed by atoms with Gasteiger partial charge in [-0.1, -0.05) is 0 Å². The van der Waals surface area contributed by atoms with E-state index in [4.69, 9.17) is 0 Å². The average Bonchev–Trinajstić information content (AvgIpc) is 2.75. The number of anilines is 1. The van der Waals surface area contributed by atoms with Gasteiger partial charge in [0, 0.05) is 22.8 Å². The van der Waals surface area contributed by atoms with Gasteiger partial charge in [-0.3, -0.25) is 9.79 Å². The van der Waals surface area contributed by atoms with Gasteiger partial charge in [0.2, 0.25) is 5.91 Å². The van der Waals surface area contributed by atoms with Gasteiger partial charge in [0.05, 0.1) is 13.1 Å². The van der Waals surface area contributed by atoms with Crippen LogP contribution in [0.5, 0.6) is 0 Å². The van der Waals surface area contributed by atoms with E-state index < -0.39 is 0 Å². The molecule has 0 atom stereocenters. The topological polar surface area (TPSA) is 56.7 Å². The Bertz CT molecular complexity index is 461. The van der Waals surface area contributed by atoms with Crippen molar-refractivity contribution in [2.75, 3.05) is 32.0 Å². The Morgan fingerprint density at radius 3 is 2.68 bits per heavy atom. The normalized spacial score (nSPS) is 13.6. The summed E-state index contributed by atoms with van der Waals surface area (Å²) in [5.74, 6) is 0.715. The van der Waals surface area contributed by atoms with Gasteiger partial charge in [-0.25, -0.2) is 0 Å². The van der Waals surface area contributed by atoms with Crippen LogP contribution in [0.25, 0.3) is 0 Å². The van der Waals surface area contributed by atoms with Crippen LogP contribution in [0.4, 0.5) is 5.69 Å². The molecule has 0 aromatic heterocycles. The molecule has 0 aliphatic carbocycles. The van der Waals surface area contributed by atoms with E-state index in [1.54, 1.807) is 0 Å². The highest BCUT2D eigenvalue weighted by Crippen LogP contribution is 2.10. The summed E-state index contributed by atoms with van der Waals surface area (Å²) in [6, 6.07) is 7.69. The lowest BCUT2D eigenvalue weighted by atomic mass is 10.3. The molecule has 1 aliphatic heterocycles. The first-order valence-electron chi connectivity index (χ1n) is 5.70. The zero-order valence-electron chi connectivity index (χ0n) is 10.5. The van der Waals surface area contributed by atoms with E-state index in [0.29, 0.717) is 0 Å². The van der Waals surface area contributed by atoms with Gasteiger partial charge >= 0.3 is 0 Å². The lowest BCUT2D eigenvalue weighted by Gasteiger charge is -2.14. The number of hydrogen-bond donors (Lipinski definition) is 2. The van der Waals surface area contributed by atoms with Crippen LogP contribution in [0.15, 0.2) is 29.3 Å². The lowest BCUT2D eigenvalue weighted by Crippen LogP contribution is -2.39. The quantitative estimate of drug-likeness (QED) is 0.641. The molecule has 1 aliphatic rings. The summed E-state index contributed by atoms with van der Waals surface area (Å²) < 4.78 is 1.14. The zero-order chi connectivity index (χ0) is 13.0. The van der Waals surface area contributed by atoms with E-state index in [1.807, 2.05) is 36.2 Å². The molecular weight excluding hydrogens is 470 g/mol. The minimum atomic E-state index is -0.0702. The van der Waals surface area contributed by atoms with Crippen LogP contribution in [0.2, 0.25) is 0 Å². The molecule has 19 heavy (non-hydrogen) atoms. The molecule has 0 bridgehead atoms. The Kier molecular flexibility index (Phi) is 6.83. The molecular formula is C12H16I2N4O. The molecule has 1 heterocycles. The number of benzene rings is 1. The van der Waals surface area contributed by atoms with Gasteiger partial charge in [0.15, 0.2) is 5.96 Å². The standard InChI is InChI=1S/C12H15IN4O.HI/c1-17-7-6-14-12(17)15-8-11(18)16-10-4-2-9(13)3-5-10;/h2-5H,6-8H2,1H3,(H,14,15)(H,16,18);1H. The number of nitrogens with zero attached hydrogens (tertiary/aromatic N) is 2.